The topological polar surface area (TPSA) is 90.2 Å². The molecule has 4 heterocycles. The van der Waals surface area contributed by atoms with E-state index in [-0.39, 0.29) is 0 Å². The molecule has 0 unspecified atom stereocenters. The second kappa shape index (κ2) is 13.6. The molecular weight excluding hydrogens is 639 g/mol. The quantitative estimate of drug-likeness (QED) is 0.167. The van der Waals surface area contributed by atoms with E-state index in [0.29, 0.717) is 28.9 Å². The van der Waals surface area contributed by atoms with Crippen LogP contribution in [0.1, 0.15) is 0 Å². The average molecular weight is 668 g/mol. The van der Waals surface area contributed by atoms with E-state index in [9.17, 15) is 0 Å². The molecule has 0 bridgehead atoms. The van der Waals surface area contributed by atoms with E-state index in [4.69, 9.17) is 24.9 Å². The van der Waals surface area contributed by atoms with E-state index in [1.54, 1.807) is 12.4 Å². The van der Waals surface area contributed by atoms with E-state index in [1.165, 1.54) is 0 Å². The summed E-state index contributed by atoms with van der Waals surface area (Å²) in [6.45, 7) is 0. The Hall–Kier alpha value is -7.25. The van der Waals surface area contributed by atoms with Crippen LogP contribution in [0.15, 0.2) is 176 Å². The van der Waals surface area contributed by atoms with Gasteiger partial charge < -0.3 is 0 Å². The molecule has 9 aromatic rings. The largest absolute Gasteiger partial charge is 0.255 e. The zero-order valence-electron chi connectivity index (χ0n) is 27.9. The number of fused-ring (bicyclic) bond motifs is 1. The van der Waals surface area contributed by atoms with Gasteiger partial charge in [0, 0.05) is 29.1 Å². The molecule has 0 aliphatic carbocycles. The van der Waals surface area contributed by atoms with Crippen LogP contribution in [0.5, 0.6) is 0 Å². The second-order valence-corrected chi connectivity index (χ2v) is 12.2. The number of hydrogen-bond acceptors (Lipinski definition) is 7. The summed E-state index contributed by atoms with van der Waals surface area (Å²) in [4.78, 5) is 34.0. The van der Waals surface area contributed by atoms with Gasteiger partial charge in [0.15, 0.2) is 17.5 Å². The lowest BCUT2D eigenvalue weighted by atomic mass is 10.0. The monoisotopic (exact) mass is 667 g/mol. The number of nitrogens with zero attached hydrogens (tertiary/aromatic N) is 7. The van der Waals surface area contributed by atoms with E-state index < -0.39 is 0 Å². The summed E-state index contributed by atoms with van der Waals surface area (Å²) in [6.07, 6.45) is 3.53. The Morgan fingerprint density at radius 3 is 1.15 bits per heavy atom. The predicted molar refractivity (Wildman–Crippen MR) is 207 cm³/mol. The van der Waals surface area contributed by atoms with E-state index in [1.807, 2.05) is 91.0 Å². The third-order valence-electron chi connectivity index (χ3n) is 8.87. The van der Waals surface area contributed by atoms with Crippen LogP contribution in [0.3, 0.4) is 0 Å². The van der Waals surface area contributed by atoms with Crippen LogP contribution in [-0.4, -0.2) is 34.9 Å². The van der Waals surface area contributed by atoms with Crippen molar-refractivity contribution in [3.8, 4) is 79.2 Å². The van der Waals surface area contributed by atoms with Crippen molar-refractivity contribution >= 4 is 11.0 Å². The van der Waals surface area contributed by atoms with Crippen molar-refractivity contribution in [3.05, 3.63) is 176 Å². The third kappa shape index (κ3) is 6.19. The minimum Gasteiger partial charge on any atom is -0.255 e. The molecule has 0 saturated heterocycles. The highest BCUT2D eigenvalue weighted by molar-refractivity contribution is 5.87. The SMILES string of the molecule is c1ccc(-c2ccc(-c3nc(-c4ccccc4)nc(-c4ccc(-c5ccc6nc(-c7ccccn7)c(-c7ccccn7)nc6c5)cc4)n3)cc2)cc1. The standard InChI is InChI=1S/C45H29N7/c1-3-11-30(12-4-1)31-17-21-34(22-18-31)44-50-43(33-13-5-2-6-14-33)51-45(52-44)35-23-19-32(20-24-35)36-25-26-37-40(29-36)49-42(39-16-8-10-28-47-39)41(48-37)38-15-7-9-27-46-38/h1-29H. The van der Waals surface area contributed by atoms with Gasteiger partial charge in [-0.05, 0) is 58.7 Å². The zero-order valence-corrected chi connectivity index (χ0v) is 27.9. The molecule has 4 aromatic heterocycles. The lowest BCUT2D eigenvalue weighted by molar-refractivity contribution is 1.07. The number of aromatic nitrogens is 7. The first-order valence-electron chi connectivity index (χ1n) is 17.0. The molecular formula is C45H29N7. The van der Waals surface area contributed by atoms with Crippen molar-refractivity contribution in [2.24, 2.45) is 0 Å². The first-order chi connectivity index (χ1) is 25.7. The van der Waals surface area contributed by atoms with Crippen molar-refractivity contribution in [1.82, 2.24) is 34.9 Å². The smallest absolute Gasteiger partial charge is 0.164 e. The lowest BCUT2D eigenvalue weighted by Gasteiger charge is -2.11. The summed E-state index contributed by atoms with van der Waals surface area (Å²) in [5.41, 5.74) is 11.5. The molecule has 5 aromatic carbocycles. The minimum atomic E-state index is 0.606. The van der Waals surface area contributed by atoms with Gasteiger partial charge in [0.05, 0.1) is 22.4 Å². The maximum Gasteiger partial charge on any atom is 0.164 e. The zero-order chi connectivity index (χ0) is 34.7. The molecule has 244 valence electrons. The van der Waals surface area contributed by atoms with Crippen LogP contribution in [0, 0.1) is 0 Å². The molecule has 0 spiro atoms. The molecule has 0 saturated carbocycles. The van der Waals surface area contributed by atoms with Gasteiger partial charge >= 0.3 is 0 Å². The van der Waals surface area contributed by atoms with Crippen molar-refractivity contribution in [3.63, 3.8) is 0 Å². The first kappa shape index (κ1) is 30.8. The van der Waals surface area contributed by atoms with Crippen LogP contribution in [-0.2, 0) is 0 Å². The first-order valence-corrected chi connectivity index (χ1v) is 17.0. The molecule has 7 nitrogen and oxygen atoms in total. The fourth-order valence-electron chi connectivity index (χ4n) is 6.20. The van der Waals surface area contributed by atoms with Gasteiger partial charge in [0.25, 0.3) is 0 Å². The molecule has 0 radical (unpaired) electrons. The summed E-state index contributed by atoms with van der Waals surface area (Å²) in [6, 6.07) is 54.7. The van der Waals surface area contributed by atoms with Gasteiger partial charge in [0.1, 0.15) is 11.4 Å². The molecule has 0 N–H and O–H groups in total. The van der Waals surface area contributed by atoms with Crippen molar-refractivity contribution in [2.45, 2.75) is 0 Å². The van der Waals surface area contributed by atoms with Gasteiger partial charge in [-0.3, -0.25) is 9.97 Å². The summed E-state index contributed by atoms with van der Waals surface area (Å²) in [7, 11) is 0. The molecule has 7 heteroatoms. The summed E-state index contributed by atoms with van der Waals surface area (Å²) >= 11 is 0. The van der Waals surface area contributed by atoms with E-state index >= 15 is 0 Å². The number of rotatable bonds is 7. The summed E-state index contributed by atoms with van der Waals surface area (Å²) in [5, 5.41) is 0. The van der Waals surface area contributed by atoms with Crippen molar-refractivity contribution in [1.29, 1.82) is 0 Å². The van der Waals surface area contributed by atoms with E-state index in [2.05, 4.69) is 82.8 Å². The number of benzene rings is 5. The fraction of sp³-hybridized carbons (Fsp3) is 0. The third-order valence-corrected chi connectivity index (χ3v) is 8.87. The highest BCUT2D eigenvalue weighted by Gasteiger charge is 2.16. The molecule has 0 aliphatic rings. The maximum atomic E-state index is 5.08. The van der Waals surface area contributed by atoms with Crippen LogP contribution >= 0.6 is 0 Å². The lowest BCUT2D eigenvalue weighted by Crippen LogP contribution is -2.00. The van der Waals surface area contributed by atoms with Crippen molar-refractivity contribution < 1.29 is 0 Å². The van der Waals surface area contributed by atoms with Crippen LogP contribution in [0.25, 0.3) is 90.2 Å². The molecule has 0 aliphatic heterocycles. The fourth-order valence-corrected chi connectivity index (χ4v) is 6.20. The molecule has 0 fully saturated rings. The Balaban J connectivity index is 1.08. The Morgan fingerprint density at radius 1 is 0.269 bits per heavy atom. The molecule has 9 rings (SSSR count). The van der Waals surface area contributed by atoms with Crippen LogP contribution < -0.4 is 0 Å². The number of hydrogen-bond donors (Lipinski definition) is 0. The highest BCUT2D eigenvalue weighted by Crippen LogP contribution is 2.32. The van der Waals surface area contributed by atoms with Gasteiger partial charge in [-0.25, -0.2) is 24.9 Å². The highest BCUT2D eigenvalue weighted by atomic mass is 15.0. The Labute approximate surface area is 300 Å². The van der Waals surface area contributed by atoms with Gasteiger partial charge in [-0.2, -0.15) is 0 Å². The average Bonchev–Trinajstić information content (AvgIpc) is 3.24. The van der Waals surface area contributed by atoms with Crippen LogP contribution in [0.4, 0.5) is 0 Å². The van der Waals surface area contributed by atoms with Gasteiger partial charge in [-0.1, -0.05) is 127 Å². The molecule has 52 heavy (non-hydrogen) atoms. The minimum absolute atomic E-state index is 0.606. The maximum absolute atomic E-state index is 5.08. The van der Waals surface area contributed by atoms with E-state index in [0.717, 1.165) is 61.4 Å². The summed E-state index contributed by atoms with van der Waals surface area (Å²) in [5.74, 6) is 1.85. The Bertz CT molecular complexity index is 2630. The normalized spacial score (nSPS) is 11.1. The van der Waals surface area contributed by atoms with Gasteiger partial charge in [0.2, 0.25) is 0 Å². The Kier molecular flexibility index (Phi) is 8.04. The van der Waals surface area contributed by atoms with Crippen molar-refractivity contribution in [2.75, 3.05) is 0 Å². The number of pyridine rings is 2. The molecule has 0 atom stereocenters. The summed E-state index contributed by atoms with van der Waals surface area (Å²) < 4.78 is 0. The van der Waals surface area contributed by atoms with Gasteiger partial charge in [-0.15, -0.1) is 0 Å². The predicted octanol–water partition coefficient (Wildman–Crippen LogP) is 10.3. The van der Waals surface area contributed by atoms with Crippen LogP contribution in [0.2, 0.25) is 0 Å². The molecule has 0 amide bonds. The second-order valence-electron chi connectivity index (χ2n) is 12.2. The Morgan fingerprint density at radius 2 is 0.654 bits per heavy atom.